The summed E-state index contributed by atoms with van der Waals surface area (Å²) in [7, 11) is 0. The van der Waals surface area contributed by atoms with E-state index in [0.29, 0.717) is 12.0 Å². The Morgan fingerprint density at radius 3 is 2.53 bits per heavy atom. The second kappa shape index (κ2) is 6.74. The molecular formula is C13H25N3O. The summed E-state index contributed by atoms with van der Waals surface area (Å²) in [6, 6.07) is 0.361. The van der Waals surface area contributed by atoms with Gasteiger partial charge in [0.15, 0.2) is 5.82 Å². The number of aromatic nitrogens is 2. The normalized spacial score (nSPS) is 16.8. The third kappa shape index (κ3) is 3.80. The fraction of sp³-hybridized carbons (Fsp3) is 0.846. The molecule has 4 nitrogen and oxygen atoms in total. The van der Waals surface area contributed by atoms with Crippen molar-refractivity contribution in [3.05, 3.63) is 11.7 Å². The van der Waals surface area contributed by atoms with Gasteiger partial charge in [0.25, 0.3) is 0 Å². The lowest BCUT2D eigenvalue weighted by Crippen LogP contribution is -2.31. The molecule has 1 aromatic heterocycles. The van der Waals surface area contributed by atoms with Gasteiger partial charge in [0.2, 0.25) is 5.89 Å². The molecule has 3 unspecified atom stereocenters. The molecule has 0 aliphatic rings. The Labute approximate surface area is 104 Å². The maximum Gasteiger partial charge on any atom is 0.231 e. The van der Waals surface area contributed by atoms with Crippen molar-refractivity contribution in [1.82, 2.24) is 15.5 Å². The van der Waals surface area contributed by atoms with Crippen molar-refractivity contribution in [2.45, 2.75) is 65.3 Å². The Morgan fingerprint density at radius 1 is 1.24 bits per heavy atom. The third-order valence-corrected chi connectivity index (χ3v) is 3.37. The van der Waals surface area contributed by atoms with E-state index in [-0.39, 0.29) is 5.92 Å². The Bertz CT molecular complexity index is 324. The van der Waals surface area contributed by atoms with Crippen LogP contribution in [0.5, 0.6) is 0 Å². The molecule has 0 saturated carbocycles. The Hall–Kier alpha value is -0.900. The fourth-order valence-corrected chi connectivity index (χ4v) is 1.58. The van der Waals surface area contributed by atoms with Crippen LogP contribution in [0.25, 0.3) is 0 Å². The summed E-state index contributed by atoms with van der Waals surface area (Å²) in [5.41, 5.74) is 0. The first kappa shape index (κ1) is 14.2. The number of hydrogen-bond acceptors (Lipinski definition) is 4. The van der Waals surface area contributed by atoms with Gasteiger partial charge in [0, 0.05) is 12.0 Å². The second-order valence-corrected chi connectivity index (χ2v) is 4.83. The minimum atomic E-state index is 0.256. The van der Waals surface area contributed by atoms with Crippen molar-refractivity contribution in [2.24, 2.45) is 0 Å². The fourth-order valence-electron chi connectivity index (χ4n) is 1.58. The first-order valence-corrected chi connectivity index (χ1v) is 6.66. The smallest absolute Gasteiger partial charge is 0.231 e. The zero-order valence-corrected chi connectivity index (χ0v) is 11.7. The quantitative estimate of drug-likeness (QED) is 0.794. The molecule has 0 aromatic carbocycles. The van der Waals surface area contributed by atoms with Gasteiger partial charge in [0.1, 0.15) is 0 Å². The summed E-state index contributed by atoms with van der Waals surface area (Å²) in [5, 5.41) is 7.51. The molecule has 0 radical (unpaired) electrons. The van der Waals surface area contributed by atoms with E-state index in [1.54, 1.807) is 0 Å². The number of rotatable bonds is 7. The minimum Gasteiger partial charge on any atom is -0.339 e. The van der Waals surface area contributed by atoms with Crippen LogP contribution in [-0.4, -0.2) is 22.7 Å². The first-order valence-electron chi connectivity index (χ1n) is 6.66. The summed E-state index contributed by atoms with van der Waals surface area (Å²) in [6.45, 7) is 11.7. The summed E-state index contributed by atoms with van der Waals surface area (Å²) < 4.78 is 5.35. The van der Waals surface area contributed by atoms with Crippen LogP contribution in [-0.2, 0) is 0 Å². The average molecular weight is 239 g/mol. The van der Waals surface area contributed by atoms with E-state index < -0.39 is 0 Å². The largest absolute Gasteiger partial charge is 0.339 e. The molecule has 1 rings (SSSR count). The third-order valence-electron chi connectivity index (χ3n) is 3.37. The molecule has 17 heavy (non-hydrogen) atoms. The zero-order chi connectivity index (χ0) is 12.8. The molecular weight excluding hydrogens is 214 g/mol. The zero-order valence-electron chi connectivity index (χ0n) is 11.7. The predicted molar refractivity (Wildman–Crippen MR) is 69.2 cm³/mol. The van der Waals surface area contributed by atoms with Crippen molar-refractivity contribution in [3.8, 4) is 0 Å². The van der Waals surface area contributed by atoms with Crippen LogP contribution < -0.4 is 5.32 Å². The van der Waals surface area contributed by atoms with E-state index in [1.165, 1.54) is 0 Å². The predicted octanol–water partition coefficient (Wildman–Crippen LogP) is 3.07. The van der Waals surface area contributed by atoms with Crippen LogP contribution in [0, 0.1) is 0 Å². The minimum absolute atomic E-state index is 0.256. The topological polar surface area (TPSA) is 51.0 Å². The molecule has 0 spiro atoms. The van der Waals surface area contributed by atoms with E-state index in [9.17, 15) is 0 Å². The van der Waals surface area contributed by atoms with Gasteiger partial charge in [-0.1, -0.05) is 32.9 Å². The highest BCUT2D eigenvalue weighted by Crippen LogP contribution is 2.21. The SMILES string of the molecule is CCCNC(C)C(C)c1nc(C(C)CC)no1. The van der Waals surface area contributed by atoms with Crippen molar-refractivity contribution >= 4 is 0 Å². The molecule has 98 valence electrons. The monoisotopic (exact) mass is 239 g/mol. The highest BCUT2D eigenvalue weighted by atomic mass is 16.5. The summed E-state index contributed by atoms with van der Waals surface area (Å²) in [5.74, 6) is 2.21. The lowest BCUT2D eigenvalue weighted by atomic mass is 10.0. The summed E-state index contributed by atoms with van der Waals surface area (Å²) in [4.78, 5) is 4.49. The Kier molecular flexibility index (Phi) is 5.62. The van der Waals surface area contributed by atoms with Crippen molar-refractivity contribution in [2.75, 3.05) is 6.54 Å². The average Bonchev–Trinajstić information content (AvgIpc) is 2.83. The van der Waals surface area contributed by atoms with E-state index in [4.69, 9.17) is 4.52 Å². The van der Waals surface area contributed by atoms with Crippen LogP contribution in [0.2, 0.25) is 0 Å². The summed E-state index contributed by atoms with van der Waals surface area (Å²) >= 11 is 0. The number of hydrogen-bond donors (Lipinski definition) is 1. The molecule has 0 aliphatic carbocycles. The molecule has 0 fully saturated rings. The van der Waals surface area contributed by atoms with Crippen LogP contribution >= 0.6 is 0 Å². The lowest BCUT2D eigenvalue weighted by Gasteiger charge is -2.17. The van der Waals surface area contributed by atoms with Gasteiger partial charge in [-0.3, -0.25) is 0 Å². The van der Waals surface area contributed by atoms with Gasteiger partial charge < -0.3 is 9.84 Å². The maximum atomic E-state index is 5.35. The first-order chi connectivity index (χ1) is 8.10. The molecule has 0 saturated heterocycles. The molecule has 1 N–H and O–H groups in total. The standard InChI is InChI=1S/C13H25N3O/c1-6-8-14-11(5)10(4)13-15-12(16-17-13)9(3)7-2/h9-11,14H,6-8H2,1-5H3. The maximum absolute atomic E-state index is 5.35. The van der Waals surface area contributed by atoms with E-state index in [1.807, 2.05) is 0 Å². The van der Waals surface area contributed by atoms with Crippen LogP contribution in [0.1, 0.15) is 71.0 Å². The molecule has 4 heteroatoms. The van der Waals surface area contributed by atoms with E-state index in [0.717, 1.165) is 31.1 Å². The van der Waals surface area contributed by atoms with Gasteiger partial charge >= 0.3 is 0 Å². The van der Waals surface area contributed by atoms with Crippen molar-refractivity contribution < 1.29 is 4.52 Å². The molecule has 0 bridgehead atoms. The molecule has 1 aromatic rings. The van der Waals surface area contributed by atoms with Gasteiger partial charge in [-0.15, -0.1) is 0 Å². The number of nitrogens with zero attached hydrogens (tertiary/aromatic N) is 2. The van der Waals surface area contributed by atoms with Gasteiger partial charge in [-0.25, -0.2) is 0 Å². The van der Waals surface area contributed by atoms with E-state index in [2.05, 4.69) is 50.1 Å². The Balaban J connectivity index is 2.62. The highest BCUT2D eigenvalue weighted by molar-refractivity contribution is 4.99. The second-order valence-electron chi connectivity index (χ2n) is 4.83. The van der Waals surface area contributed by atoms with E-state index >= 15 is 0 Å². The molecule has 1 heterocycles. The molecule has 0 amide bonds. The van der Waals surface area contributed by atoms with Crippen molar-refractivity contribution in [1.29, 1.82) is 0 Å². The lowest BCUT2D eigenvalue weighted by molar-refractivity contribution is 0.327. The van der Waals surface area contributed by atoms with Crippen LogP contribution in [0.4, 0.5) is 0 Å². The molecule has 0 aliphatic heterocycles. The number of nitrogens with one attached hydrogen (secondary N) is 1. The van der Waals surface area contributed by atoms with Crippen LogP contribution in [0.3, 0.4) is 0 Å². The van der Waals surface area contributed by atoms with Gasteiger partial charge in [-0.05, 0) is 26.3 Å². The van der Waals surface area contributed by atoms with Crippen LogP contribution in [0.15, 0.2) is 4.52 Å². The highest BCUT2D eigenvalue weighted by Gasteiger charge is 2.21. The Morgan fingerprint density at radius 2 is 1.94 bits per heavy atom. The summed E-state index contributed by atoms with van der Waals surface area (Å²) in [6.07, 6.45) is 2.18. The van der Waals surface area contributed by atoms with Gasteiger partial charge in [-0.2, -0.15) is 4.98 Å². The molecule has 3 atom stereocenters. The van der Waals surface area contributed by atoms with Crippen molar-refractivity contribution in [3.63, 3.8) is 0 Å². The van der Waals surface area contributed by atoms with Gasteiger partial charge in [0.05, 0.1) is 5.92 Å².